The highest BCUT2D eigenvalue weighted by Gasteiger charge is 1.95. The van der Waals surface area contributed by atoms with Crippen molar-refractivity contribution in [3.8, 4) is 0 Å². The molecule has 0 atom stereocenters. The van der Waals surface area contributed by atoms with Crippen molar-refractivity contribution in [3.05, 3.63) is 35.9 Å². The van der Waals surface area contributed by atoms with Crippen molar-refractivity contribution in [2.75, 3.05) is 21.1 Å². The van der Waals surface area contributed by atoms with Gasteiger partial charge in [0.2, 0.25) is 0 Å². The number of halogens is 1. The third-order valence-corrected chi connectivity index (χ3v) is 5.16. The average molecular weight is 426 g/mol. The molecule has 0 amide bonds. The molecule has 1 aromatic rings. The van der Waals surface area contributed by atoms with Crippen molar-refractivity contribution in [2.24, 2.45) is 0 Å². The SMILES string of the molecule is CCCCCCCCCCCCCCCCCCc1ccccc1.CN(C)C.Cl. The molecule has 1 nitrogen and oxygen atoms in total. The predicted molar refractivity (Wildman–Crippen MR) is 137 cm³/mol. The lowest BCUT2D eigenvalue weighted by Gasteiger charge is -2.04. The molecular formula is C27H52ClN. The molecule has 29 heavy (non-hydrogen) atoms. The number of hydrogen-bond donors (Lipinski definition) is 0. The Morgan fingerprint density at radius 3 is 1.17 bits per heavy atom. The lowest BCUT2D eigenvalue weighted by Crippen LogP contribution is -1.99. The lowest BCUT2D eigenvalue weighted by molar-refractivity contribution is 0.505. The van der Waals surface area contributed by atoms with Gasteiger partial charge in [0.1, 0.15) is 0 Å². The van der Waals surface area contributed by atoms with Crippen LogP contribution in [0.4, 0.5) is 0 Å². The Labute approximate surface area is 190 Å². The molecule has 0 heterocycles. The van der Waals surface area contributed by atoms with Crippen LogP contribution in [0.25, 0.3) is 0 Å². The summed E-state index contributed by atoms with van der Waals surface area (Å²) in [7, 11) is 6.00. The van der Waals surface area contributed by atoms with Gasteiger partial charge in [-0.1, -0.05) is 134 Å². The van der Waals surface area contributed by atoms with Crippen LogP contribution in [0.3, 0.4) is 0 Å². The minimum Gasteiger partial charge on any atom is -0.312 e. The Hall–Kier alpha value is -0.530. The van der Waals surface area contributed by atoms with Crippen LogP contribution in [0.2, 0.25) is 0 Å². The van der Waals surface area contributed by atoms with Crippen LogP contribution < -0.4 is 0 Å². The van der Waals surface area contributed by atoms with E-state index in [-0.39, 0.29) is 12.4 Å². The number of unbranched alkanes of at least 4 members (excludes halogenated alkanes) is 15. The highest BCUT2D eigenvalue weighted by atomic mass is 35.5. The van der Waals surface area contributed by atoms with E-state index in [4.69, 9.17) is 0 Å². The van der Waals surface area contributed by atoms with Crippen LogP contribution >= 0.6 is 12.4 Å². The van der Waals surface area contributed by atoms with Crippen molar-refractivity contribution < 1.29 is 0 Å². The van der Waals surface area contributed by atoms with E-state index >= 15 is 0 Å². The van der Waals surface area contributed by atoms with Gasteiger partial charge >= 0.3 is 0 Å². The monoisotopic (exact) mass is 425 g/mol. The second-order valence-corrected chi connectivity index (χ2v) is 8.88. The molecule has 172 valence electrons. The van der Waals surface area contributed by atoms with E-state index in [1.807, 2.05) is 26.0 Å². The molecule has 0 saturated carbocycles. The van der Waals surface area contributed by atoms with Gasteiger partial charge in [0.05, 0.1) is 0 Å². The molecule has 0 spiro atoms. The molecule has 0 aliphatic carbocycles. The highest BCUT2D eigenvalue weighted by Crippen LogP contribution is 2.14. The van der Waals surface area contributed by atoms with Gasteiger partial charge in [0, 0.05) is 0 Å². The summed E-state index contributed by atoms with van der Waals surface area (Å²) in [6, 6.07) is 10.9. The van der Waals surface area contributed by atoms with Gasteiger partial charge in [-0.15, -0.1) is 12.4 Å². The molecule has 0 aromatic heterocycles. The summed E-state index contributed by atoms with van der Waals surface area (Å²) < 4.78 is 0. The number of rotatable bonds is 17. The Morgan fingerprint density at radius 2 is 0.828 bits per heavy atom. The summed E-state index contributed by atoms with van der Waals surface area (Å²) in [5, 5.41) is 0. The third kappa shape index (κ3) is 27.5. The van der Waals surface area contributed by atoms with Gasteiger partial charge in [0.25, 0.3) is 0 Å². The zero-order valence-electron chi connectivity index (χ0n) is 20.3. The summed E-state index contributed by atoms with van der Waals surface area (Å²) in [6.07, 6.45) is 24.4. The highest BCUT2D eigenvalue weighted by molar-refractivity contribution is 5.85. The zero-order chi connectivity index (χ0) is 20.7. The van der Waals surface area contributed by atoms with E-state index in [2.05, 4.69) is 37.3 Å². The molecule has 0 unspecified atom stereocenters. The maximum absolute atomic E-state index is 2.30. The number of benzene rings is 1. The van der Waals surface area contributed by atoms with Crippen LogP contribution in [0.5, 0.6) is 0 Å². The summed E-state index contributed by atoms with van der Waals surface area (Å²) in [4.78, 5) is 2.00. The first-order chi connectivity index (χ1) is 13.7. The summed E-state index contributed by atoms with van der Waals surface area (Å²) >= 11 is 0. The normalized spacial score (nSPS) is 10.4. The van der Waals surface area contributed by atoms with Gasteiger partial charge in [-0.25, -0.2) is 0 Å². The number of nitrogens with zero attached hydrogens (tertiary/aromatic N) is 1. The fraction of sp³-hybridized carbons (Fsp3) is 0.778. The first-order valence-corrected chi connectivity index (χ1v) is 12.3. The number of aryl methyl sites for hydroxylation is 1. The van der Waals surface area contributed by atoms with Gasteiger partial charge < -0.3 is 4.90 Å². The van der Waals surface area contributed by atoms with Gasteiger partial charge in [-0.2, -0.15) is 0 Å². The molecule has 0 bridgehead atoms. The van der Waals surface area contributed by atoms with E-state index in [0.29, 0.717) is 0 Å². The summed E-state index contributed by atoms with van der Waals surface area (Å²) in [5.41, 5.74) is 1.50. The first-order valence-electron chi connectivity index (χ1n) is 12.3. The standard InChI is InChI=1S/C24H42.C3H9N.ClH/c1-2-3-4-5-6-7-8-9-10-11-12-13-14-15-16-18-21-24-22-19-17-20-23-24;1-4(2)3;/h17,19-20,22-23H,2-16,18,21H2,1H3;1-3H3;1H. The zero-order valence-corrected chi connectivity index (χ0v) is 21.1. The molecule has 0 aliphatic rings. The van der Waals surface area contributed by atoms with E-state index in [9.17, 15) is 0 Å². The molecule has 0 fully saturated rings. The largest absolute Gasteiger partial charge is 0.312 e. The Morgan fingerprint density at radius 1 is 0.517 bits per heavy atom. The van der Waals surface area contributed by atoms with Crippen LogP contribution in [-0.4, -0.2) is 26.0 Å². The fourth-order valence-corrected chi connectivity index (χ4v) is 3.52. The Bertz CT molecular complexity index is 388. The lowest BCUT2D eigenvalue weighted by atomic mass is 10.0. The average Bonchev–Trinajstić information content (AvgIpc) is 2.68. The number of hydrogen-bond acceptors (Lipinski definition) is 1. The van der Waals surface area contributed by atoms with Gasteiger partial charge in [-0.05, 0) is 39.5 Å². The van der Waals surface area contributed by atoms with Crippen LogP contribution in [0.15, 0.2) is 30.3 Å². The quantitative estimate of drug-likeness (QED) is 0.225. The van der Waals surface area contributed by atoms with Crippen molar-refractivity contribution in [1.29, 1.82) is 0 Å². The first kappa shape index (κ1) is 30.7. The molecule has 0 radical (unpaired) electrons. The second-order valence-electron chi connectivity index (χ2n) is 8.88. The Balaban J connectivity index is 0. The van der Waals surface area contributed by atoms with E-state index in [1.54, 1.807) is 0 Å². The van der Waals surface area contributed by atoms with Crippen LogP contribution in [0, 0.1) is 0 Å². The third-order valence-electron chi connectivity index (χ3n) is 5.16. The van der Waals surface area contributed by atoms with E-state index in [0.717, 1.165) is 0 Å². The van der Waals surface area contributed by atoms with E-state index < -0.39 is 0 Å². The molecule has 2 heteroatoms. The maximum atomic E-state index is 2.30. The molecule has 0 N–H and O–H groups in total. The van der Waals surface area contributed by atoms with Crippen LogP contribution in [-0.2, 0) is 6.42 Å². The topological polar surface area (TPSA) is 3.24 Å². The minimum atomic E-state index is 0. The molecule has 1 aromatic carbocycles. The summed E-state index contributed by atoms with van der Waals surface area (Å²) in [6.45, 7) is 2.30. The Kier molecular flexibility index (Phi) is 27.0. The maximum Gasteiger partial charge on any atom is -0.0140 e. The van der Waals surface area contributed by atoms with Crippen molar-refractivity contribution in [1.82, 2.24) is 4.90 Å². The van der Waals surface area contributed by atoms with Crippen LogP contribution in [0.1, 0.15) is 115 Å². The van der Waals surface area contributed by atoms with Gasteiger partial charge in [0.15, 0.2) is 0 Å². The molecule has 0 saturated heterocycles. The molecular weight excluding hydrogens is 374 g/mol. The fourth-order valence-electron chi connectivity index (χ4n) is 3.52. The summed E-state index contributed by atoms with van der Waals surface area (Å²) in [5.74, 6) is 0. The minimum absolute atomic E-state index is 0. The van der Waals surface area contributed by atoms with Gasteiger partial charge in [-0.3, -0.25) is 0 Å². The van der Waals surface area contributed by atoms with E-state index in [1.165, 1.54) is 115 Å². The molecule has 1 rings (SSSR count). The molecule has 0 aliphatic heterocycles. The predicted octanol–water partition coefficient (Wildman–Crippen LogP) is 9.09. The van der Waals surface area contributed by atoms with Crippen molar-refractivity contribution in [3.63, 3.8) is 0 Å². The van der Waals surface area contributed by atoms with Crippen molar-refractivity contribution in [2.45, 2.75) is 116 Å². The smallest absolute Gasteiger partial charge is 0.0140 e. The van der Waals surface area contributed by atoms with Crippen molar-refractivity contribution >= 4 is 12.4 Å². The second kappa shape index (κ2) is 25.5.